The van der Waals surface area contributed by atoms with Gasteiger partial charge in [0.05, 0.1) is 11.7 Å². The standard InChI is InChI=1S/C23H27N3O2S/c1-3-4-5-16-7-9-17(10-8-16)25-20(27)13-26-14-24-22-21(23(26)28)18-11-6-15(2)12-19(18)29-22/h7-10,14-15H,3-6,11-13H2,1-2H3,(H,25,27)/t15-/m0/s1. The van der Waals surface area contributed by atoms with Crippen molar-refractivity contribution >= 4 is 33.1 Å². The van der Waals surface area contributed by atoms with Crippen LogP contribution in [0.5, 0.6) is 0 Å². The van der Waals surface area contributed by atoms with Crippen molar-refractivity contribution in [2.45, 2.75) is 58.9 Å². The molecule has 1 N–H and O–H groups in total. The summed E-state index contributed by atoms with van der Waals surface area (Å²) in [5.74, 6) is 0.434. The minimum absolute atomic E-state index is 0.0274. The van der Waals surface area contributed by atoms with Gasteiger partial charge in [-0.25, -0.2) is 4.98 Å². The Kier molecular flexibility index (Phi) is 5.81. The number of hydrogen-bond acceptors (Lipinski definition) is 4. The summed E-state index contributed by atoms with van der Waals surface area (Å²) in [4.78, 5) is 32.1. The van der Waals surface area contributed by atoms with Gasteiger partial charge < -0.3 is 5.32 Å². The fourth-order valence-electron chi connectivity index (χ4n) is 3.97. The molecule has 0 unspecified atom stereocenters. The van der Waals surface area contributed by atoms with Crippen LogP contribution >= 0.6 is 11.3 Å². The summed E-state index contributed by atoms with van der Waals surface area (Å²) in [6, 6.07) is 7.93. The molecule has 2 heterocycles. The van der Waals surface area contributed by atoms with E-state index in [9.17, 15) is 9.59 Å². The Morgan fingerprint density at radius 3 is 2.86 bits per heavy atom. The lowest BCUT2D eigenvalue weighted by Gasteiger charge is -2.17. The van der Waals surface area contributed by atoms with Gasteiger partial charge in [-0.3, -0.25) is 14.2 Å². The van der Waals surface area contributed by atoms with E-state index in [0.29, 0.717) is 11.3 Å². The van der Waals surface area contributed by atoms with E-state index in [0.717, 1.165) is 54.6 Å². The second-order valence-corrected chi connectivity index (χ2v) is 9.14. The summed E-state index contributed by atoms with van der Waals surface area (Å²) in [6.45, 7) is 4.40. The van der Waals surface area contributed by atoms with Crippen LogP contribution in [-0.4, -0.2) is 15.5 Å². The Hall–Kier alpha value is -2.47. The van der Waals surface area contributed by atoms with E-state index in [1.807, 2.05) is 24.3 Å². The van der Waals surface area contributed by atoms with E-state index in [1.54, 1.807) is 11.3 Å². The van der Waals surface area contributed by atoms with Crippen molar-refractivity contribution in [3.63, 3.8) is 0 Å². The summed E-state index contributed by atoms with van der Waals surface area (Å²) in [7, 11) is 0. The molecule has 1 amide bonds. The predicted molar refractivity (Wildman–Crippen MR) is 119 cm³/mol. The number of carbonyl (C=O) groups is 1. The number of aromatic nitrogens is 2. The molecule has 29 heavy (non-hydrogen) atoms. The molecule has 3 aromatic rings. The zero-order chi connectivity index (χ0) is 20.4. The third-order valence-electron chi connectivity index (χ3n) is 5.65. The van der Waals surface area contributed by atoms with Crippen LogP contribution in [0.1, 0.15) is 49.1 Å². The van der Waals surface area contributed by atoms with Crippen molar-refractivity contribution in [1.29, 1.82) is 0 Å². The number of fused-ring (bicyclic) bond motifs is 3. The number of nitrogens with zero attached hydrogens (tertiary/aromatic N) is 2. The Labute approximate surface area is 174 Å². The number of aryl methyl sites for hydroxylation is 2. The van der Waals surface area contributed by atoms with Crippen LogP contribution in [0.15, 0.2) is 35.4 Å². The molecule has 152 valence electrons. The number of hydrogen-bond donors (Lipinski definition) is 1. The van der Waals surface area contributed by atoms with Gasteiger partial charge in [0.15, 0.2) is 0 Å². The number of anilines is 1. The Balaban J connectivity index is 1.49. The zero-order valence-electron chi connectivity index (χ0n) is 17.0. The van der Waals surface area contributed by atoms with Crippen molar-refractivity contribution in [3.8, 4) is 0 Å². The van der Waals surface area contributed by atoms with Crippen molar-refractivity contribution in [2.24, 2.45) is 5.92 Å². The van der Waals surface area contributed by atoms with Crippen LogP contribution in [0.4, 0.5) is 5.69 Å². The second kappa shape index (κ2) is 8.49. The van der Waals surface area contributed by atoms with E-state index in [-0.39, 0.29) is 18.0 Å². The number of amides is 1. The van der Waals surface area contributed by atoms with Crippen molar-refractivity contribution in [1.82, 2.24) is 9.55 Å². The summed E-state index contributed by atoms with van der Waals surface area (Å²) in [5, 5.41) is 3.60. The molecule has 0 saturated heterocycles. The van der Waals surface area contributed by atoms with Gasteiger partial charge in [-0.05, 0) is 61.3 Å². The number of carbonyl (C=O) groups excluding carboxylic acids is 1. The lowest BCUT2D eigenvalue weighted by molar-refractivity contribution is -0.116. The third-order valence-corrected chi connectivity index (χ3v) is 6.82. The van der Waals surface area contributed by atoms with Crippen LogP contribution in [-0.2, 0) is 30.6 Å². The van der Waals surface area contributed by atoms with Crippen LogP contribution in [0.25, 0.3) is 10.2 Å². The first-order valence-corrected chi connectivity index (χ1v) is 11.2. The highest BCUT2D eigenvalue weighted by molar-refractivity contribution is 7.18. The molecule has 0 bridgehead atoms. The molecule has 1 atom stereocenters. The summed E-state index contributed by atoms with van der Waals surface area (Å²) >= 11 is 1.63. The number of rotatable bonds is 6. The zero-order valence-corrected chi connectivity index (χ0v) is 17.8. The van der Waals surface area contributed by atoms with E-state index in [2.05, 4.69) is 24.1 Å². The van der Waals surface area contributed by atoms with Crippen molar-refractivity contribution in [3.05, 3.63) is 57.0 Å². The molecule has 4 rings (SSSR count). The van der Waals surface area contributed by atoms with Crippen LogP contribution in [0.2, 0.25) is 0 Å². The first-order valence-electron chi connectivity index (χ1n) is 10.4. The molecule has 5 nitrogen and oxygen atoms in total. The number of nitrogens with one attached hydrogen (secondary N) is 1. The van der Waals surface area contributed by atoms with Gasteiger partial charge >= 0.3 is 0 Å². The van der Waals surface area contributed by atoms with Crippen molar-refractivity contribution < 1.29 is 4.79 Å². The molecular formula is C23H27N3O2S. The quantitative estimate of drug-likeness (QED) is 0.649. The van der Waals surface area contributed by atoms with E-state index >= 15 is 0 Å². The highest BCUT2D eigenvalue weighted by Gasteiger charge is 2.23. The summed E-state index contributed by atoms with van der Waals surface area (Å²) < 4.78 is 1.43. The predicted octanol–water partition coefficient (Wildman–Crippen LogP) is 4.56. The maximum atomic E-state index is 13.0. The third kappa shape index (κ3) is 4.27. The molecule has 6 heteroatoms. The van der Waals surface area contributed by atoms with E-state index in [1.165, 1.54) is 21.3 Å². The van der Waals surface area contributed by atoms with Gasteiger partial charge in [0.1, 0.15) is 11.4 Å². The molecule has 2 aromatic heterocycles. The Morgan fingerprint density at radius 1 is 1.31 bits per heavy atom. The SMILES string of the molecule is CCCCc1ccc(NC(=O)Cn2cnc3sc4c(c3c2=O)CC[C@H](C)C4)cc1. The van der Waals surface area contributed by atoms with Crippen LogP contribution in [0, 0.1) is 5.92 Å². The molecule has 0 fully saturated rings. The lowest BCUT2D eigenvalue weighted by atomic mass is 9.89. The lowest BCUT2D eigenvalue weighted by Crippen LogP contribution is -2.28. The molecule has 0 radical (unpaired) electrons. The molecular weight excluding hydrogens is 382 g/mol. The fourth-order valence-corrected chi connectivity index (χ4v) is 5.31. The van der Waals surface area contributed by atoms with Gasteiger partial charge in [0.2, 0.25) is 5.91 Å². The molecule has 1 aliphatic carbocycles. The molecule has 1 aliphatic rings. The fraction of sp³-hybridized carbons (Fsp3) is 0.435. The molecule has 0 spiro atoms. The summed E-state index contributed by atoms with van der Waals surface area (Å²) in [6.07, 6.45) is 7.92. The molecule has 0 saturated carbocycles. The van der Waals surface area contributed by atoms with Gasteiger partial charge in [-0.15, -0.1) is 11.3 Å². The Bertz CT molecular complexity index is 1080. The second-order valence-electron chi connectivity index (χ2n) is 8.06. The maximum Gasteiger partial charge on any atom is 0.262 e. The van der Waals surface area contributed by atoms with Gasteiger partial charge in [-0.2, -0.15) is 0 Å². The molecule has 1 aromatic carbocycles. The minimum atomic E-state index is -0.215. The maximum absolute atomic E-state index is 13.0. The number of thiophene rings is 1. The van der Waals surface area contributed by atoms with Gasteiger partial charge in [0, 0.05) is 10.6 Å². The van der Waals surface area contributed by atoms with E-state index in [4.69, 9.17) is 0 Å². The summed E-state index contributed by atoms with van der Waals surface area (Å²) in [5.41, 5.74) is 3.07. The topological polar surface area (TPSA) is 64.0 Å². The largest absolute Gasteiger partial charge is 0.325 e. The molecule has 0 aliphatic heterocycles. The normalized spacial score (nSPS) is 16.0. The average molecular weight is 410 g/mol. The van der Waals surface area contributed by atoms with Crippen molar-refractivity contribution in [2.75, 3.05) is 5.32 Å². The van der Waals surface area contributed by atoms with Crippen LogP contribution in [0.3, 0.4) is 0 Å². The first kappa shape index (κ1) is 19.8. The van der Waals surface area contributed by atoms with Crippen LogP contribution < -0.4 is 10.9 Å². The number of benzene rings is 1. The highest BCUT2D eigenvalue weighted by atomic mass is 32.1. The average Bonchev–Trinajstić information content (AvgIpc) is 3.07. The monoisotopic (exact) mass is 409 g/mol. The smallest absolute Gasteiger partial charge is 0.262 e. The van der Waals surface area contributed by atoms with E-state index < -0.39 is 0 Å². The minimum Gasteiger partial charge on any atom is -0.325 e. The van der Waals surface area contributed by atoms with Gasteiger partial charge in [-0.1, -0.05) is 32.4 Å². The van der Waals surface area contributed by atoms with Gasteiger partial charge in [0.25, 0.3) is 5.56 Å². The number of unbranched alkanes of at least 4 members (excludes halogenated alkanes) is 1. The highest BCUT2D eigenvalue weighted by Crippen LogP contribution is 2.35. The Morgan fingerprint density at radius 2 is 2.10 bits per heavy atom. The first-order chi connectivity index (χ1) is 14.0.